The van der Waals surface area contributed by atoms with Gasteiger partial charge in [0.15, 0.2) is 5.16 Å². The van der Waals surface area contributed by atoms with E-state index in [-0.39, 0.29) is 24.0 Å². The first-order valence-electron chi connectivity index (χ1n) is 10.2. The SMILES string of the molecule is C=CCn1c(CC(=O)Nc2ccccc2CC)nnc1SCC(=O)Nc1ccc(Cl)cc1Cl. The number of rotatable bonds is 10. The smallest absolute Gasteiger partial charge is 0.234 e. The van der Waals surface area contributed by atoms with Crippen LogP contribution in [0, 0.1) is 0 Å². The number of anilines is 2. The van der Waals surface area contributed by atoms with Crippen LogP contribution in [0.3, 0.4) is 0 Å². The van der Waals surface area contributed by atoms with E-state index in [0.29, 0.717) is 33.3 Å². The van der Waals surface area contributed by atoms with Gasteiger partial charge in [-0.15, -0.1) is 16.8 Å². The highest BCUT2D eigenvalue weighted by atomic mass is 35.5. The van der Waals surface area contributed by atoms with Gasteiger partial charge >= 0.3 is 0 Å². The molecule has 0 unspecified atom stereocenters. The van der Waals surface area contributed by atoms with Crippen LogP contribution >= 0.6 is 35.0 Å². The van der Waals surface area contributed by atoms with Crippen molar-refractivity contribution in [3.8, 4) is 0 Å². The molecule has 1 aromatic heterocycles. The van der Waals surface area contributed by atoms with Crippen LogP contribution in [-0.4, -0.2) is 32.3 Å². The Morgan fingerprint density at radius 3 is 2.58 bits per heavy atom. The number of carbonyl (C=O) groups is 2. The molecule has 0 saturated heterocycles. The molecular weight excluding hydrogens is 481 g/mol. The molecule has 33 heavy (non-hydrogen) atoms. The summed E-state index contributed by atoms with van der Waals surface area (Å²) < 4.78 is 1.77. The average molecular weight is 504 g/mol. The molecule has 0 aliphatic rings. The number of aromatic nitrogens is 3. The molecule has 0 saturated carbocycles. The van der Waals surface area contributed by atoms with E-state index in [0.717, 1.165) is 17.7 Å². The minimum Gasteiger partial charge on any atom is -0.325 e. The number of para-hydroxylation sites is 1. The topological polar surface area (TPSA) is 88.9 Å². The summed E-state index contributed by atoms with van der Waals surface area (Å²) in [5, 5.41) is 15.4. The molecule has 0 bridgehead atoms. The largest absolute Gasteiger partial charge is 0.325 e. The Balaban J connectivity index is 1.64. The molecular formula is C23H23Cl2N5O2S. The van der Waals surface area contributed by atoms with Crippen molar-refractivity contribution in [1.82, 2.24) is 14.8 Å². The van der Waals surface area contributed by atoms with Crippen molar-refractivity contribution >= 4 is 58.2 Å². The molecule has 0 radical (unpaired) electrons. The van der Waals surface area contributed by atoms with Gasteiger partial charge in [-0.1, -0.05) is 66.2 Å². The van der Waals surface area contributed by atoms with Crippen molar-refractivity contribution in [2.45, 2.75) is 31.5 Å². The Hall–Kier alpha value is -2.81. The molecule has 7 nitrogen and oxygen atoms in total. The summed E-state index contributed by atoms with van der Waals surface area (Å²) in [6, 6.07) is 12.5. The number of thioether (sulfide) groups is 1. The maximum absolute atomic E-state index is 12.6. The van der Waals surface area contributed by atoms with Crippen LogP contribution < -0.4 is 10.6 Å². The van der Waals surface area contributed by atoms with Gasteiger partial charge in [-0.3, -0.25) is 9.59 Å². The Morgan fingerprint density at radius 2 is 1.85 bits per heavy atom. The quantitative estimate of drug-likeness (QED) is 0.291. The number of halogens is 2. The fourth-order valence-corrected chi connectivity index (χ4v) is 4.29. The van der Waals surface area contributed by atoms with Crippen molar-refractivity contribution in [2.75, 3.05) is 16.4 Å². The van der Waals surface area contributed by atoms with E-state index in [1.165, 1.54) is 11.8 Å². The number of nitrogens with zero attached hydrogens (tertiary/aromatic N) is 3. The zero-order valence-corrected chi connectivity index (χ0v) is 20.3. The second-order valence-corrected chi connectivity index (χ2v) is 8.78. The Morgan fingerprint density at radius 1 is 1.09 bits per heavy atom. The first-order chi connectivity index (χ1) is 15.9. The summed E-state index contributed by atoms with van der Waals surface area (Å²) in [4.78, 5) is 25.0. The highest BCUT2D eigenvalue weighted by molar-refractivity contribution is 7.99. The molecule has 2 amide bonds. The van der Waals surface area contributed by atoms with Crippen LogP contribution in [0.25, 0.3) is 0 Å². The molecule has 0 spiro atoms. The Bertz CT molecular complexity index is 1170. The molecule has 0 aliphatic carbocycles. The number of benzene rings is 2. The van der Waals surface area contributed by atoms with Crippen molar-refractivity contribution in [3.05, 3.63) is 76.6 Å². The standard InChI is InChI=1S/C23H23Cl2N5O2S/c1-3-11-30-20(13-21(31)26-18-8-6-5-7-15(18)4-2)28-29-23(30)33-14-22(32)27-19-10-9-16(24)12-17(19)25/h3,5-10,12H,1,4,11,13-14H2,2H3,(H,26,31)(H,27,32). The number of aryl methyl sites for hydroxylation is 1. The number of hydrogen-bond donors (Lipinski definition) is 2. The number of carbonyl (C=O) groups excluding carboxylic acids is 2. The molecule has 0 fully saturated rings. The lowest BCUT2D eigenvalue weighted by atomic mass is 10.1. The van der Waals surface area contributed by atoms with E-state index in [1.807, 2.05) is 31.2 Å². The highest BCUT2D eigenvalue weighted by Crippen LogP contribution is 2.26. The predicted octanol–water partition coefficient (Wildman–Crippen LogP) is 5.25. The lowest BCUT2D eigenvalue weighted by Gasteiger charge is -2.11. The Labute approximate surface area is 206 Å². The summed E-state index contributed by atoms with van der Waals surface area (Å²) in [7, 11) is 0. The third kappa shape index (κ3) is 6.83. The van der Waals surface area contributed by atoms with E-state index < -0.39 is 0 Å². The molecule has 0 aliphatic heterocycles. The number of hydrogen-bond acceptors (Lipinski definition) is 5. The maximum atomic E-state index is 12.6. The molecule has 2 N–H and O–H groups in total. The molecule has 10 heteroatoms. The monoisotopic (exact) mass is 503 g/mol. The van der Waals surface area contributed by atoms with Crippen LogP contribution in [0.2, 0.25) is 10.0 Å². The Kier molecular flexibility index (Phi) is 8.94. The summed E-state index contributed by atoms with van der Waals surface area (Å²) in [6.07, 6.45) is 2.55. The first kappa shape index (κ1) is 24.8. The molecule has 2 aromatic carbocycles. The van der Waals surface area contributed by atoms with Gasteiger partial charge in [0.05, 0.1) is 22.9 Å². The van der Waals surface area contributed by atoms with Crippen LogP contribution in [0.5, 0.6) is 0 Å². The lowest BCUT2D eigenvalue weighted by Crippen LogP contribution is -2.19. The van der Waals surface area contributed by atoms with Crippen molar-refractivity contribution in [1.29, 1.82) is 0 Å². The van der Waals surface area contributed by atoms with Gasteiger partial charge in [-0.2, -0.15) is 0 Å². The minimum atomic E-state index is -0.257. The first-order valence-corrected chi connectivity index (χ1v) is 11.9. The summed E-state index contributed by atoms with van der Waals surface area (Å²) in [6.45, 7) is 6.21. The molecule has 3 rings (SSSR count). The second-order valence-electron chi connectivity index (χ2n) is 6.99. The van der Waals surface area contributed by atoms with Crippen molar-refractivity contribution < 1.29 is 9.59 Å². The van der Waals surface area contributed by atoms with Crippen LogP contribution in [0.4, 0.5) is 11.4 Å². The van der Waals surface area contributed by atoms with Gasteiger partial charge < -0.3 is 15.2 Å². The summed E-state index contributed by atoms with van der Waals surface area (Å²) >= 11 is 13.2. The van der Waals surface area contributed by atoms with Crippen LogP contribution in [-0.2, 0) is 29.0 Å². The zero-order chi connectivity index (χ0) is 23.8. The van der Waals surface area contributed by atoms with E-state index in [9.17, 15) is 9.59 Å². The lowest BCUT2D eigenvalue weighted by molar-refractivity contribution is -0.116. The predicted molar refractivity (Wildman–Crippen MR) is 134 cm³/mol. The number of amides is 2. The molecule has 0 atom stereocenters. The van der Waals surface area contributed by atoms with Gasteiger partial charge in [0.2, 0.25) is 11.8 Å². The normalized spacial score (nSPS) is 10.6. The minimum absolute atomic E-state index is 0.0476. The summed E-state index contributed by atoms with van der Waals surface area (Å²) in [5.41, 5.74) is 2.32. The van der Waals surface area contributed by atoms with E-state index in [4.69, 9.17) is 23.2 Å². The number of allylic oxidation sites excluding steroid dienone is 1. The van der Waals surface area contributed by atoms with E-state index >= 15 is 0 Å². The third-order valence-electron chi connectivity index (χ3n) is 4.63. The van der Waals surface area contributed by atoms with Crippen molar-refractivity contribution in [2.24, 2.45) is 0 Å². The molecule has 3 aromatic rings. The fourth-order valence-electron chi connectivity index (χ4n) is 3.06. The average Bonchev–Trinajstić information content (AvgIpc) is 3.16. The zero-order valence-electron chi connectivity index (χ0n) is 18.0. The van der Waals surface area contributed by atoms with Gasteiger partial charge in [0, 0.05) is 17.3 Å². The van der Waals surface area contributed by atoms with Crippen LogP contribution in [0.15, 0.2) is 60.3 Å². The maximum Gasteiger partial charge on any atom is 0.234 e. The fraction of sp³-hybridized carbons (Fsp3) is 0.217. The van der Waals surface area contributed by atoms with Gasteiger partial charge in [-0.05, 0) is 36.2 Å². The molecule has 172 valence electrons. The van der Waals surface area contributed by atoms with Crippen LogP contribution in [0.1, 0.15) is 18.3 Å². The van der Waals surface area contributed by atoms with Gasteiger partial charge in [0.25, 0.3) is 0 Å². The second kappa shape index (κ2) is 11.9. The van der Waals surface area contributed by atoms with E-state index in [2.05, 4.69) is 27.4 Å². The molecule has 1 heterocycles. The van der Waals surface area contributed by atoms with Gasteiger partial charge in [-0.25, -0.2) is 0 Å². The highest BCUT2D eigenvalue weighted by Gasteiger charge is 2.17. The van der Waals surface area contributed by atoms with Crippen molar-refractivity contribution in [3.63, 3.8) is 0 Å². The van der Waals surface area contributed by atoms with Gasteiger partial charge in [0.1, 0.15) is 5.82 Å². The van der Waals surface area contributed by atoms with E-state index in [1.54, 1.807) is 28.8 Å². The summed E-state index contributed by atoms with van der Waals surface area (Å²) in [5.74, 6) is 0.128. The number of nitrogens with one attached hydrogen (secondary N) is 2. The third-order valence-corrected chi connectivity index (χ3v) is 6.15.